The third-order valence-electron chi connectivity index (χ3n) is 3.11. The lowest BCUT2D eigenvalue weighted by atomic mass is 10.0. The zero-order valence-corrected chi connectivity index (χ0v) is 10.0. The van der Waals surface area contributed by atoms with Crippen molar-refractivity contribution in [1.82, 2.24) is 4.98 Å². The number of hydrogen-bond acceptors (Lipinski definition) is 1. The van der Waals surface area contributed by atoms with Gasteiger partial charge in [0.1, 0.15) is 5.82 Å². The van der Waals surface area contributed by atoms with Gasteiger partial charge in [-0.05, 0) is 42.1 Å². The standard InChI is InChI=1S/C16H12FN/c1-11-10-18-16(12-6-8-13(17)9-7-12)15-5-3-2-4-14(11)15/h2-10H,1H3. The molecule has 0 unspecified atom stereocenters. The largest absolute Gasteiger partial charge is 0.255 e. The van der Waals surface area contributed by atoms with Gasteiger partial charge in [-0.25, -0.2) is 4.39 Å². The van der Waals surface area contributed by atoms with Crippen LogP contribution in [-0.4, -0.2) is 4.98 Å². The van der Waals surface area contributed by atoms with Crippen molar-refractivity contribution < 1.29 is 4.39 Å². The van der Waals surface area contributed by atoms with Gasteiger partial charge >= 0.3 is 0 Å². The van der Waals surface area contributed by atoms with Crippen LogP contribution in [0.3, 0.4) is 0 Å². The zero-order valence-electron chi connectivity index (χ0n) is 10.0. The molecule has 0 bridgehead atoms. The molecular weight excluding hydrogens is 225 g/mol. The third-order valence-corrected chi connectivity index (χ3v) is 3.11. The molecule has 1 heterocycles. The van der Waals surface area contributed by atoms with Crippen molar-refractivity contribution in [3.8, 4) is 11.3 Å². The van der Waals surface area contributed by atoms with E-state index in [1.807, 2.05) is 31.3 Å². The van der Waals surface area contributed by atoms with Gasteiger partial charge in [0.15, 0.2) is 0 Å². The van der Waals surface area contributed by atoms with Crippen LogP contribution in [-0.2, 0) is 0 Å². The van der Waals surface area contributed by atoms with E-state index >= 15 is 0 Å². The van der Waals surface area contributed by atoms with Crippen LogP contribution >= 0.6 is 0 Å². The molecule has 0 aliphatic heterocycles. The van der Waals surface area contributed by atoms with Crippen LogP contribution in [0.1, 0.15) is 5.56 Å². The van der Waals surface area contributed by atoms with Gasteiger partial charge in [0, 0.05) is 17.1 Å². The number of aromatic nitrogens is 1. The number of rotatable bonds is 1. The number of nitrogens with zero attached hydrogens (tertiary/aromatic N) is 1. The minimum absolute atomic E-state index is 0.227. The lowest BCUT2D eigenvalue weighted by molar-refractivity contribution is 0.628. The van der Waals surface area contributed by atoms with Gasteiger partial charge in [-0.3, -0.25) is 4.98 Å². The van der Waals surface area contributed by atoms with E-state index < -0.39 is 0 Å². The summed E-state index contributed by atoms with van der Waals surface area (Å²) in [6.45, 7) is 2.05. The van der Waals surface area contributed by atoms with Crippen LogP contribution in [0.25, 0.3) is 22.0 Å². The molecule has 1 aromatic heterocycles. The summed E-state index contributed by atoms with van der Waals surface area (Å²) in [7, 11) is 0. The molecule has 0 saturated carbocycles. The lowest BCUT2D eigenvalue weighted by Gasteiger charge is -2.08. The first kappa shape index (κ1) is 10.9. The quantitative estimate of drug-likeness (QED) is 0.613. The lowest BCUT2D eigenvalue weighted by Crippen LogP contribution is -1.89. The minimum atomic E-state index is -0.227. The number of pyridine rings is 1. The maximum absolute atomic E-state index is 13.0. The fourth-order valence-corrected chi connectivity index (χ4v) is 2.17. The minimum Gasteiger partial charge on any atom is -0.255 e. The molecule has 18 heavy (non-hydrogen) atoms. The highest BCUT2D eigenvalue weighted by Gasteiger charge is 2.06. The Bertz CT molecular complexity index is 702. The van der Waals surface area contributed by atoms with Crippen molar-refractivity contribution in [3.63, 3.8) is 0 Å². The number of fused-ring (bicyclic) bond motifs is 1. The molecule has 0 fully saturated rings. The number of hydrogen-bond donors (Lipinski definition) is 0. The van der Waals surface area contributed by atoms with E-state index in [2.05, 4.69) is 11.1 Å². The Balaban J connectivity index is 2.30. The Morgan fingerprint density at radius 3 is 2.28 bits per heavy atom. The predicted octanol–water partition coefficient (Wildman–Crippen LogP) is 4.35. The molecule has 88 valence electrons. The van der Waals surface area contributed by atoms with Crippen molar-refractivity contribution >= 4 is 10.8 Å². The van der Waals surface area contributed by atoms with Crippen molar-refractivity contribution in [3.05, 3.63) is 66.1 Å². The molecule has 2 aromatic carbocycles. The zero-order chi connectivity index (χ0) is 12.5. The fourth-order valence-electron chi connectivity index (χ4n) is 2.17. The summed E-state index contributed by atoms with van der Waals surface area (Å²) in [4.78, 5) is 4.48. The molecule has 0 N–H and O–H groups in total. The number of aryl methyl sites for hydroxylation is 1. The van der Waals surface area contributed by atoms with Crippen molar-refractivity contribution in [2.75, 3.05) is 0 Å². The van der Waals surface area contributed by atoms with Gasteiger partial charge in [-0.1, -0.05) is 24.3 Å². The SMILES string of the molecule is Cc1cnc(-c2ccc(F)cc2)c2ccccc12. The maximum atomic E-state index is 13.0. The molecular formula is C16H12FN. The van der Waals surface area contributed by atoms with Crippen molar-refractivity contribution in [1.29, 1.82) is 0 Å². The van der Waals surface area contributed by atoms with Crippen molar-refractivity contribution in [2.45, 2.75) is 6.92 Å². The molecule has 0 atom stereocenters. The first-order chi connectivity index (χ1) is 8.75. The Morgan fingerprint density at radius 1 is 0.889 bits per heavy atom. The Kier molecular flexibility index (Phi) is 2.56. The Labute approximate surface area is 105 Å². The summed E-state index contributed by atoms with van der Waals surface area (Å²) in [5.74, 6) is -0.227. The van der Waals surface area contributed by atoms with Crippen LogP contribution in [0.5, 0.6) is 0 Å². The fraction of sp³-hybridized carbons (Fsp3) is 0.0625. The second-order valence-corrected chi connectivity index (χ2v) is 4.34. The van der Waals surface area contributed by atoms with Gasteiger partial charge < -0.3 is 0 Å². The van der Waals surface area contributed by atoms with Crippen LogP contribution in [0, 0.1) is 12.7 Å². The number of halogens is 1. The first-order valence-corrected chi connectivity index (χ1v) is 5.86. The molecule has 0 aliphatic carbocycles. The van der Waals surface area contributed by atoms with E-state index in [0.29, 0.717) is 0 Å². The maximum Gasteiger partial charge on any atom is 0.123 e. The molecule has 3 aromatic rings. The smallest absolute Gasteiger partial charge is 0.123 e. The van der Waals surface area contributed by atoms with E-state index in [4.69, 9.17) is 0 Å². The summed E-state index contributed by atoms with van der Waals surface area (Å²) < 4.78 is 13.0. The Hall–Kier alpha value is -2.22. The molecule has 0 aliphatic rings. The van der Waals surface area contributed by atoms with Gasteiger partial charge in [0.2, 0.25) is 0 Å². The topological polar surface area (TPSA) is 12.9 Å². The van der Waals surface area contributed by atoms with Crippen LogP contribution in [0.2, 0.25) is 0 Å². The molecule has 1 nitrogen and oxygen atoms in total. The van der Waals surface area contributed by atoms with Crippen LogP contribution in [0.4, 0.5) is 4.39 Å². The van der Waals surface area contributed by atoms with E-state index in [1.165, 1.54) is 17.5 Å². The van der Waals surface area contributed by atoms with Crippen molar-refractivity contribution in [2.24, 2.45) is 0 Å². The molecule has 0 spiro atoms. The average Bonchev–Trinajstić information content (AvgIpc) is 2.41. The summed E-state index contributed by atoms with van der Waals surface area (Å²) in [6, 6.07) is 14.6. The summed E-state index contributed by atoms with van der Waals surface area (Å²) in [5, 5.41) is 2.29. The van der Waals surface area contributed by atoms with Crippen LogP contribution in [0.15, 0.2) is 54.7 Å². The normalized spacial score (nSPS) is 10.8. The second-order valence-electron chi connectivity index (χ2n) is 4.34. The van der Waals surface area contributed by atoms with Crippen LogP contribution < -0.4 is 0 Å². The highest BCUT2D eigenvalue weighted by atomic mass is 19.1. The third kappa shape index (κ3) is 1.76. The van der Waals surface area contributed by atoms with Gasteiger partial charge in [-0.2, -0.15) is 0 Å². The Morgan fingerprint density at radius 2 is 1.56 bits per heavy atom. The van der Waals surface area contributed by atoms with E-state index in [0.717, 1.165) is 22.2 Å². The van der Waals surface area contributed by atoms with Gasteiger partial charge in [0.25, 0.3) is 0 Å². The molecule has 3 rings (SSSR count). The average molecular weight is 237 g/mol. The van der Waals surface area contributed by atoms with Gasteiger partial charge in [0.05, 0.1) is 5.69 Å². The molecule has 2 heteroatoms. The second kappa shape index (κ2) is 4.22. The highest BCUT2D eigenvalue weighted by molar-refractivity contribution is 5.96. The van der Waals surface area contributed by atoms with Gasteiger partial charge in [-0.15, -0.1) is 0 Å². The van der Waals surface area contributed by atoms with E-state index in [1.54, 1.807) is 12.1 Å². The monoisotopic (exact) mass is 237 g/mol. The highest BCUT2D eigenvalue weighted by Crippen LogP contribution is 2.28. The summed E-state index contributed by atoms with van der Waals surface area (Å²) in [5.41, 5.74) is 2.99. The van der Waals surface area contributed by atoms with E-state index in [9.17, 15) is 4.39 Å². The molecule has 0 saturated heterocycles. The molecule has 0 radical (unpaired) electrons. The summed E-state index contributed by atoms with van der Waals surface area (Å²) >= 11 is 0. The molecule has 0 amide bonds. The summed E-state index contributed by atoms with van der Waals surface area (Å²) in [6.07, 6.45) is 1.86. The predicted molar refractivity (Wildman–Crippen MR) is 71.9 cm³/mol. The first-order valence-electron chi connectivity index (χ1n) is 5.86. The number of benzene rings is 2. The van der Waals surface area contributed by atoms with E-state index in [-0.39, 0.29) is 5.82 Å².